The lowest BCUT2D eigenvalue weighted by Gasteiger charge is -2.21. The van der Waals surface area contributed by atoms with E-state index < -0.39 is 0 Å². The minimum Gasteiger partial charge on any atom is -0.382 e. The second kappa shape index (κ2) is 10.5. The quantitative estimate of drug-likeness (QED) is 0.534. The van der Waals surface area contributed by atoms with Crippen LogP contribution >= 0.6 is 0 Å². The molecule has 0 saturated carbocycles. The molecule has 0 spiro atoms. The Morgan fingerprint density at radius 1 is 1.17 bits per heavy atom. The minimum absolute atomic E-state index is 0.491. The maximum Gasteiger partial charge on any atom is 0.0700 e. The SMILES string of the molecule is CNC(CCOCCOC)C1=CCCCCCC1. The standard InChI is InChI=1S/C15H29NO2/c1-16-15(10-11-18-13-12-17-2)14-8-6-4-3-5-7-9-14/h8,15-16H,3-7,9-13H2,1-2H3. The summed E-state index contributed by atoms with van der Waals surface area (Å²) in [6.45, 7) is 2.20. The van der Waals surface area contributed by atoms with Crippen LogP contribution in [0.25, 0.3) is 0 Å². The molecule has 1 unspecified atom stereocenters. The van der Waals surface area contributed by atoms with Crippen molar-refractivity contribution >= 4 is 0 Å². The monoisotopic (exact) mass is 255 g/mol. The molecule has 18 heavy (non-hydrogen) atoms. The molecule has 0 heterocycles. The topological polar surface area (TPSA) is 30.5 Å². The third-order valence-corrected chi connectivity index (χ3v) is 3.60. The molecule has 1 aliphatic rings. The second-order valence-corrected chi connectivity index (χ2v) is 4.97. The van der Waals surface area contributed by atoms with E-state index in [1.165, 1.54) is 38.5 Å². The van der Waals surface area contributed by atoms with E-state index in [4.69, 9.17) is 9.47 Å². The molecular weight excluding hydrogens is 226 g/mol. The third-order valence-electron chi connectivity index (χ3n) is 3.60. The maximum atomic E-state index is 5.56. The fourth-order valence-electron chi connectivity index (χ4n) is 2.49. The van der Waals surface area contributed by atoms with Gasteiger partial charge in [-0.2, -0.15) is 0 Å². The lowest BCUT2D eigenvalue weighted by atomic mass is 9.93. The summed E-state index contributed by atoms with van der Waals surface area (Å²) >= 11 is 0. The van der Waals surface area contributed by atoms with Crippen molar-refractivity contribution in [3.05, 3.63) is 11.6 Å². The van der Waals surface area contributed by atoms with Gasteiger partial charge in [0.2, 0.25) is 0 Å². The van der Waals surface area contributed by atoms with Gasteiger partial charge < -0.3 is 14.8 Å². The summed E-state index contributed by atoms with van der Waals surface area (Å²) in [7, 11) is 3.76. The smallest absolute Gasteiger partial charge is 0.0700 e. The number of hydrogen-bond acceptors (Lipinski definition) is 3. The van der Waals surface area contributed by atoms with Gasteiger partial charge in [-0.3, -0.25) is 0 Å². The van der Waals surface area contributed by atoms with Crippen LogP contribution in [-0.4, -0.2) is 40.0 Å². The van der Waals surface area contributed by atoms with E-state index in [0.717, 1.165) is 13.0 Å². The Hall–Kier alpha value is -0.380. The summed E-state index contributed by atoms with van der Waals surface area (Å²) < 4.78 is 10.5. The van der Waals surface area contributed by atoms with Crippen molar-refractivity contribution in [1.82, 2.24) is 5.32 Å². The molecule has 106 valence electrons. The number of allylic oxidation sites excluding steroid dienone is 1. The number of ether oxygens (including phenoxy) is 2. The number of likely N-dealkylation sites (N-methyl/N-ethyl adjacent to an activating group) is 1. The van der Waals surface area contributed by atoms with Crippen molar-refractivity contribution in [2.45, 2.75) is 51.0 Å². The van der Waals surface area contributed by atoms with E-state index in [2.05, 4.69) is 18.4 Å². The fraction of sp³-hybridized carbons (Fsp3) is 0.867. The Kier molecular flexibility index (Phi) is 9.17. The third kappa shape index (κ3) is 6.53. The molecule has 0 saturated heterocycles. The molecule has 3 nitrogen and oxygen atoms in total. The van der Waals surface area contributed by atoms with Gasteiger partial charge in [0.1, 0.15) is 0 Å². The molecular formula is C15H29NO2. The Morgan fingerprint density at radius 3 is 2.78 bits per heavy atom. The number of methoxy groups -OCH3 is 1. The minimum atomic E-state index is 0.491. The van der Waals surface area contributed by atoms with Crippen molar-refractivity contribution in [2.24, 2.45) is 0 Å². The molecule has 1 N–H and O–H groups in total. The van der Waals surface area contributed by atoms with Gasteiger partial charge in [0.05, 0.1) is 13.2 Å². The zero-order chi connectivity index (χ0) is 13.1. The van der Waals surface area contributed by atoms with E-state index in [-0.39, 0.29) is 0 Å². The predicted octanol–water partition coefficient (Wildman–Crippen LogP) is 2.91. The summed E-state index contributed by atoms with van der Waals surface area (Å²) in [4.78, 5) is 0. The van der Waals surface area contributed by atoms with Crippen molar-refractivity contribution in [3.8, 4) is 0 Å². The Balaban J connectivity index is 2.29. The van der Waals surface area contributed by atoms with Crippen molar-refractivity contribution in [1.29, 1.82) is 0 Å². The van der Waals surface area contributed by atoms with Gasteiger partial charge in [-0.05, 0) is 39.2 Å². The van der Waals surface area contributed by atoms with Crippen LogP contribution < -0.4 is 5.32 Å². The van der Waals surface area contributed by atoms with E-state index >= 15 is 0 Å². The van der Waals surface area contributed by atoms with Crippen LogP contribution in [0.2, 0.25) is 0 Å². The zero-order valence-electron chi connectivity index (χ0n) is 12.0. The Morgan fingerprint density at radius 2 is 2.00 bits per heavy atom. The molecule has 0 radical (unpaired) electrons. The molecule has 0 fully saturated rings. The largest absolute Gasteiger partial charge is 0.382 e. The highest BCUT2D eigenvalue weighted by Gasteiger charge is 2.12. The molecule has 0 aromatic rings. The van der Waals surface area contributed by atoms with Crippen molar-refractivity contribution in [2.75, 3.05) is 34.0 Å². The van der Waals surface area contributed by atoms with Gasteiger partial charge in [-0.15, -0.1) is 0 Å². The van der Waals surface area contributed by atoms with Crippen molar-refractivity contribution < 1.29 is 9.47 Å². The first-order valence-electron chi connectivity index (χ1n) is 7.31. The van der Waals surface area contributed by atoms with Crippen LogP contribution in [0.4, 0.5) is 0 Å². The highest BCUT2D eigenvalue weighted by atomic mass is 16.5. The first-order valence-corrected chi connectivity index (χ1v) is 7.31. The van der Waals surface area contributed by atoms with Crippen molar-refractivity contribution in [3.63, 3.8) is 0 Å². The molecule has 1 atom stereocenters. The second-order valence-electron chi connectivity index (χ2n) is 4.97. The Labute approximate surface area is 112 Å². The van der Waals surface area contributed by atoms with E-state index in [0.29, 0.717) is 19.3 Å². The van der Waals surface area contributed by atoms with Crippen LogP contribution in [0.3, 0.4) is 0 Å². The van der Waals surface area contributed by atoms with Crippen LogP contribution in [0.5, 0.6) is 0 Å². The lowest BCUT2D eigenvalue weighted by Crippen LogP contribution is -2.29. The van der Waals surface area contributed by atoms with Gasteiger partial charge in [0.25, 0.3) is 0 Å². The van der Waals surface area contributed by atoms with Gasteiger partial charge in [-0.25, -0.2) is 0 Å². The average Bonchev–Trinajstić information content (AvgIpc) is 2.35. The molecule has 0 aliphatic heterocycles. The van der Waals surface area contributed by atoms with E-state index in [1.807, 2.05) is 0 Å². The number of nitrogens with one attached hydrogen (secondary N) is 1. The van der Waals surface area contributed by atoms with Crippen LogP contribution in [-0.2, 0) is 9.47 Å². The molecule has 0 aromatic carbocycles. The van der Waals surface area contributed by atoms with Crippen LogP contribution in [0.1, 0.15) is 44.9 Å². The van der Waals surface area contributed by atoms with E-state index in [1.54, 1.807) is 12.7 Å². The first-order chi connectivity index (χ1) is 8.88. The highest BCUT2D eigenvalue weighted by molar-refractivity contribution is 5.11. The summed E-state index contributed by atoms with van der Waals surface area (Å²) in [5, 5.41) is 3.43. The summed E-state index contributed by atoms with van der Waals surface area (Å²) in [5.41, 5.74) is 1.59. The van der Waals surface area contributed by atoms with Gasteiger partial charge in [-0.1, -0.05) is 24.5 Å². The first kappa shape index (κ1) is 15.7. The number of rotatable bonds is 8. The molecule has 0 aromatic heterocycles. The fourth-order valence-corrected chi connectivity index (χ4v) is 2.49. The summed E-state index contributed by atoms with van der Waals surface area (Å²) in [5.74, 6) is 0. The number of hydrogen-bond donors (Lipinski definition) is 1. The molecule has 0 amide bonds. The lowest BCUT2D eigenvalue weighted by molar-refractivity contribution is 0.0672. The molecule has 1 rings (SSSR count). The maximum absolute atomic E-state index is 5.56. The molecule has 0 bridgehead atoms. The summed E-state index contributed by atoms with van der Waals surface area (Å²) in [6.07, 6.45) is 11.5. The predicted molar refractivity (Wildman–Crippen MR) is 75.9 cm³/mol. The van der Waals surface area contributed by atoms with Crippen LogP contribution in [0.15, 0.2) is 11.6 Å². The van der Waals surface area contributed by atoms with E-state index in [9.17, 15) is 0 Å². The van der Waals surface area contributed by atoms with Gasteiger partial charge in [0, 0.05) is 19.8 Å². The van der Waals surface area contributed by atoms with Crippen LogP contribution in [0, 0.1) is 0 Å². The average molecular weight is 255 g/mol. The molecule has 1 aliphatic carbocycles. The highest BCUT2D eigenvalue weighted by Crippen LogP contribution is 2.20. The van der Waals surface area contributed by atoms with Gasteiger partial charge >= 0.3 is 0 Å². The van der Waals surface area contributed by atoms with Gasteiger partial charge in [0.15, 0.2) is 0 Å². The normalized spacial score (nSPS) is 18.9. The Bertz CT molecular complexity index is 229. The molecule has 3 heteroatoms. The summed E-state index contributed by atoms with van der Waals surface area (Å²) in [6, 6.07) is 0.491. The zero-order valence-corrected chi connectivity index (χ0v) is 12.0.